The number of carbonyl (C=O) groups is 2. The van der Waals surface area contributed by atoms with Gasteiger partial charge in [0.25, 0.3) is 11.8 Å². The number of hydrogen-bond acceptors (Lipinski definition) is 4. The molecule has 1 heterocycles. The van der Waals surface area contributed by atoms with Crippen molar-refractivity contribution < 1.29 is 19.1 Å². The first-order valence-electron chi connectivity index (χ1n) is 11.0. The summed E-state index contributed by atoms with van der Waals surface area (Å²) in [5, 5.41) is 0. The number of carbonyl (C=O) groups excluding carboxylic acids is 2. The first-order chi connectivity index (χ1) is 16.0. The predicted molar refractivity (Wildman–Crippen MR) is 129 cm³/mol. The minimum absolute atomic E-state index is 0.0194. The second-order valence-electron chi connectivity index (χ2n) is 8.10. The van der Waals surface area contributed by atoms with Crippen molar-refractivity contribution in [1.82, 2.24) is 0 Å². The van der Waals surface area contributed by atoms with Crippen LogP contribution in [0.4, 0.5) is 11.4 Å². The lowest BCUT2D eigenvalue weighted by molar-refractivity contribution is -0.122. The van der Waals surface area contributed by atoms with E-state index in [2.05, 4.69) is 0 Å². The van der Waals surface area contributed by atoms with Crippen LogP contribution in [-0.2, 0) is 9.53 Å². The molecule has 2 unspecified atom stereocenters. The molecule has 0 saturated carbocycles. The lowest BCUT2D eigenvalue weighted by Crippen LogP contribution is -2.48. The molecule has 0 saturated heterocycles. The van der Waals surface area contributed by atoms with E-state index in [1.165, 1.54) is 7.11 Å². The predicted octanol–water partition coefficient (Wildman–Crippen LogP) is 4.85. The van der Waals surface area contributed by atoms with Crippen LogP contribution in [0.5, 0.6) is 5.75 Å². The summed E-state index contributed by atoms with van der Waals surface area (Å²) in [6, 6.07) is 24.2. The maximum absolute atomic E-state index is 13.6. The first-order valence-corrected chi connectivity index (χ1v) is 11.0. The van der Waals surface area contributed by atoms with E-state index in [1.807, 2.05) is 78.6 Å². The van der Waals surface area contributed by atoms with Crippen LogP contribution < -0.4 is 14.5 Å². The molecule has 1 aliphatic heterocycles. The molecule has 0 fully saturated rings. The quantitative estimate of drug-likeness (QED) is 0.545. The van der Waals surface area contributed by atoms with Gasteiger partial charge in [-0.1, -0.05) is 42.5 Å². The molecule has 1 aliphatic rings. The SMILES string of the molecule is COCC(=O)N(c1ccccc1)C1CC(C)N(C(=O)c2cccc(OC)c2)c2ccccc21. The smallest absolute Gasteiger partial charge is 0.258 e. The zero-order valence-electron chi connectivity index (χ0n) is 19.1. The van der Waals surface area contributed by atoms with Crippen LogP contribution in [0, 0.1) is 0 Å². The molecule has 0 N–H and O–H groups in total. The Labute approximate surface area is 194 Å². The highest BCUT2D eigenvalue weighted by atomic mass is 16.5. The number of methoxy groups -OCH3 is 2. The van der Waals surface area contributed by atoms with Gasteiger partial charge in [0, 0.05) is 30.1 Å². The molecule has 170 valence electrons. The molecule has 0 bridgehead atoms. The Morgan fingerprint density at radius 3 is 2.42 bits per heavy atom. The van der Waals surface area contributed by atoms with E-state index in [0.717, 1.165) is 16.9 Å². The largest absolute Gasteiger partial charge is 0.497 e. The summed E-state index contributed by atoms with van der Waals surface area (Å²) in [7, 11) is 3.11. The van der Waals surface area contributed by atoms with Gasteiger partial charge in [-0.3, -0.25) is 9.59 Å². The van der Waals surface area contributed by atoms with Crippen molar-refractivity contribution in [3.8, 4) is 5.75 Å². The summed E-state index contributed by atoms with van der Waals surface area (Å²) in [4.78, 5) is 30.4. The Kier molecular flexibility index (Phi) is 6.75. The summed E-state index contributed by atoms with van der Waals surface area (Å²) >= 11 is 0. The van der Waals surface area contributed by atoms with E-state index in [-0.39, 0.29) is 30.5 Å². The van der Waals surface area contributed by atoms with E-state index < -0.39 is 0 Å². The number of ether oxygens (including phenoxy) is 2. The zero-order chi connectivity index (χ0) is 23.4. The molecule has 3 aromatic carbocycles. The summed E-state index contributed by atoms with van der Waals surface area (Å²) in [6.07, 6.45) is 0.594. The Bertz CT molecular complexity index is 1130. The average molecular weight is 445 g/mol. The zero-order valence-corrected chi connectivity index (χ0v) is 19.1. The maximum atomic E-state index is 13.6. The first kappa shape index (κ1) is 22.6. The number of fused-ring (bicyclic) bond motifs is 1. The van der Waals surface area contributed by atoms with Crippen molar-refractivity contribution in [3.05, 3.63) is 90.0 Å². The van der Waals surface area contributed by atoms with E-state index >= 15 is 0 Å². The van der Waals surface area contributed by atoms with Gasteiger partial charge >= 0.3 is 0 Å². The number of benzene rings is 3. The molecule has 6 nitrogen and oxygen atoms in total. The maximum Gasteiger partial charge on any atom is 0.258 e. The van der Waals surface area contributed by atoms with E-state index in [1.54, 1.807) is 24.1 Å². The number of anilines is 2. The number of amides is 2. The van der Waals surface area contributed by atoms with Gasteiger partial charge in [0.05, 0.1) is 13.2 Å². The molecule has 0 aliphatic carbocycles. The molecule has 3 aromatic rings. The standard InChI is InChI=1S/C27H28N2O4/c1-19-16-25(29(26(30)18-32-2)21-11-5-4-6-12-21)23-14-7-8-15-24(23)28(19)27(31)20-10-9-13-22(17-20)33-3/h4-15,17,19,25H,16,18H2,1-3H3. The Morgan fingerprint density at radius 2 is 1.70 bits per heavy atom. The van der Waals surface area contributed by atoms with Crippen molar-refractivity contribution in [2.45, 2.75) is 25.4 Å². The molecule has 0 aromatic heterocycles. The van der Waals surface area contributed by atoms with Gasteiger partial charge in [-0.2, -0.15) is 0 Å². The minimum atomic E-state index is -0.226. The third kappa shape index (κ3) is 4.47. The number of rotatable bonds is 6. The molecule has 6 heteroatoms. The van der Waals surface area contributed by atoms with Crippen molar-refractivity contribution in [2.24, 2.45) is 0 Å². The van der Waals surface area contributed by atoms with Crippen LogP contribution in [-0.4, -0.2) is 38.7 Å². The Hall–Kier alpha value is -3.64. The van der Waals surface area contributed by atoms with Gasteiger partial charge in [-0.15, -0.1) is 0 Å². The highest BCUT2D eigenvalue weighted by Gasteiger charge is 2.38. The Morgan fingerprint density at radius 1 is 0.970 bits per heavy atom. The minimum Gasteiger partial charge on any atom is -0.497 e. The third-order valence-corrected chi connectivity index (χ3v) is 5.98. The molecule has 2 atom stereocenters. The van der Waals surface area contributed by atoms with Gasteiger partial charge in [0.2, 0.25) is 0 Å². The normalized spacial score (nSPS) is 17.2. The monoisotopic (exact) mass is 444 g/mol. The van der Waals surface area contributed by atoms with E-state index in [9.17, 15) is 9.59 Å². The van der Waals surface area contributed by atoms with Crippen LogP contribution in [0.25, 0.3) is 0 Å². The van der Waals surface area contributed by atoms with Crippen LogP contribution in [0.2, 0.25) is 0 Å². The molecular formula is C27H28N2O4. The summed E-state index contributed by atoms with van der Waals surface area (Å²) in [5.74, 6) is 0.419. The van der Waals surface area contributed by atoms with Gasteiger partial charge in [-0.05, 0) is 55.3 Å². The van der Waals surface area contributed by atoms with Crippen molar-refractivity contribution in [2.75, 3.05) is 30.6 Å². The molecule has 0 spiro atoms. The molecular weight excluding hydrogens is 416 g/mol. The average Bonchev–Trinajstić information content (AvgIpc) is 2.85. The van der Waals surface area contributed by atoms with E-state index in [4.69, 9.17) is 9.47 Å². The number of hydrogen-bond donors (Lipinski definition) is 0. The van der Waals surface area contributed by atoms with Crippen LogP contribution in [0.3, 0.4) is 0 Å². The summed E-state index contributed by atoms with van der Waals surface area (Å²) in [6.45, 7) is 2.00. The van der Waals surface area contributed by atoms with Gasteiger partial charge < -0.3 is 19.3 Å². The summed E-state index contributed by atoms with van der Waals surface area (Å²) < 4.78 is 10.5. The van der Waals surface area contributed by atoms with Crippen molar-refractivity contribution in [1.29, 1.82) is 0 Å². The molecule has 2 amide bonds. The molecule has 0 radical (unpaired) electrons. The highest BCUT2D eigenvalue weighted by molar-refractivity contribution is 6.08. The van der Waals surface area contributed by atoms with Crippen LogP contribution >= 0.6 is 0 Å². The van der Waals surface area contributed by atoms with Crippen molar-refractivity contribution in [3.63, 3.8) is 0 Å². The third-order valence-electron chi connectivity index (χ3n) is 5.98. The van der Waals surface area contributed by atoms with Gasteiger partial charge in [0.15, 0.2) is 0 Å². The second kappa shape index (κ2) is 9.88. The van der Waals surface area contributed by atoms with Gasteiger partial charge in [0.1, 0.15) is 12.4 Å². The van der Waals surface area contributed by atoms with Crippen LogP contribution in [0.1, 0.15) is 35.3 Å². The van der Waals surface area contributed by atoms with Crippen LogP contribution in [0.15, 0.2) is 78.9 Å². The molecule has 4 rings (SSSR count). The fraction of sp³-hybridized carbons (Fsp3) is 0.259. The van der Waals surface area contributed by atoms with Crippen molar-refractivity contribution >= 4 is 23.2 Å². The van der Waals surface area contributed by atoms with E-state index in [0.29, 0.717) is 17.7 Å². The topological polar surface area (TPSA) is 59.1 Å². The fourth-order valence-electron chi connectivity index (χ4n) is 4.51. The lowest BCUT2D eigenvalue weighted by Gasteiger charge is -2.43. The summed E-state index contributed by atoms with van der Waals surface area (Å²) in [5.41, 5.74) is 3.10. The Balaban J connectivity index is 1.77. The highest BCUT2D eigenvalue weighted by Crippen LogP contribution is 2.42. The molecule has 33 heavy (non-hydrogen) atoms. The number of para-hydroxylation sites is 2. The second-order valence-corrected chi connectivity index (χ2v) is 8.10. The number of nitrogens with zero attached hydrogens (tertiary/aromatic N) is 2. The lowest BCUT2D eigenvalue weighted by atomic mass is 9.89. The van der Waals surface area contributed by atoms with Gasteiger partial charge in [-0.25, -0.2) is 0 Å². The fourth-order valence-corrected chi connectivity index (χ4v) is 4.51.